The highest BCUT2D eigenvalue weighted by Crippen LogP contribution is 2.28. The van der Waals surface area contributed by atoms with Gasteiger partial charge in [-0.15, -0.1) is 24.8 Å². The Labute approximate surface area is 210 Å². The van der Waals surface area contributed by atoms with Gasteiger partial charge in [-0.3, -0.25) is 4.90 Å². The summed E-state index contributed by atoms with van der Waals surface area (Å²) in [4.78, 5) is 4.96. The van der Waals surface area contributed by atoms with Gasteiger partial charge in [-0.25, -0.2) is 13.6 Å². The average molecular weight is 521 g/mol. The number of anilines is 1. The molecule has 0 radical (unpaired) electrons. The van der Waals surface area contributed by atoms with Gasteiger partial charge in [0.25, 0.3) is 0 Å². The Balaban J connectivity index is 0.00000272. The number of piperazine rings is 1. The number of hydrogen-bond donors (Lipinski definition) is 1. The van der Waals surface area contributed by atoms with Crippen molar-refractivity contribution in [2.24, 2.45) is 5.14 Å². The fraction of sp³-hybridized carbons (Fsp3) is 0.478. The smallest absolute Gasteiger partial charge is 0.241 e. The van der Waals surface area contributed by atoms with Gasteiger partial charge in [-0.1, -0.05) is 24.6 Å². The molecule has 0 saturated carbocycles. The number of sulfonamides is 1. The number of nitrogens with zero attached hydrogens (tertiary/aromatic N) is 2. The average Bonchev–Trinajstić information content (AvgIpc) is 2.78. The van der Waals surface area contributed by atoms with Gasteiger partial charge in [0.1, 0.15) is 16.4 Å². The molecule has 10 heteroatoms. The van der Waals surface area contributed by atoms with Gasteiger partial charge in [0, 0.05) is 26.2 Å². The minimum absolute atomic E-state index is 0. The summed E-state index contributed by atoms with van der Waals surface area (Å²) < 4.78 is 34.1. The molecular weight excluding hydrogens is 485 g/mol. The van der Waals surface area contributed by atoms with Crippen molar-refractivity contribution >= 4 is 40.5 Å². The summed E-state index contributed by atoms with van der Waals surface area (Å²) in [6.45, 7) is 5.19. The van der Waals surface area contributed by atoms with E-state index in [1.165, 1.54) is 12.8 Å². The monoisotopic (exact) mass is 519 g/mol. The molecule has 33 heavy (non-hydrogen) atoms. The van der Waals surface area contributed by atoms with Crippen molar-refractivity contribution in [3.8, 4) is 11.5 Å². The van der Waals surface area contributed by atoms with Crippen LogP contribution in [0.5, 0.6) is 11.5 Å². The first-order valence-electron chi connectivity index (χ1n) is 10.7. The number of unbranched alkanes of at least 4 members (excludes halogenated alkanes) is 2. The van der Waals surface area contributed by atoms with Crippen molar-refractivity contribution in [1.29, 1.82) is 0 Å². The van der Waals surface area contributed by atoms with Gasteiger partial charge in [-0.05, 0) is 55.6 Å². The van der Waals surface area contributed by atoms with Crippen LogP contribution in [0.3, 0.4) is 0 Å². The molecule has 2 aromatic rings. The molecule has 3 rings (SSSR count). The molecule has 1 aliphatic rings. The SMILES string of the molecule is COc1ccccc1N1CCN(CCCCCc2ccc(OC)c(S(N)(=O)=O)c2)CC1.Cl.Cl. The van der Waals surface area contributed by atoms with Crippen LogP contribution in [0.2, 0.25) is 0 Å². The van der Waals surface area contributed by atoms with Gasteiger partial charge in [0.2, 0.25) is 10.0 Å². The molecule has 0 atom stereocenters. The van der Waals surface area contributed by atoms with Crippen LogP contribution in [0.25, 0.3) is 0 Å². The maximum absolute atomic E-state index is 11.7. The zero-order valence-corrected chi connectivity index (χ0v) is 21.7. The van der Waals surface area contributed by atoms with Crippen LogP contribution in [-0.2, 0) is 16.4 Å². The molecular formula is C23H35Cl2N3O4S. The molecule has 7 nitrogen and oxygen atoms in total. The summed E-state index contributed by atoms with van der Waals surface area (Å²) in [6, 6.07) is 13.4. The number of primary sulfonamides is 1. The van der Waals surface area contributed by atoms with E-state index >= 15 is 0 Å². The number of methoxy groups -OCH3 is 2. The van der Waals surface area contributed by atoms with Gasteiger partial charge >= 0.3 is 0 Å². The van der Waals surface area contributed by atoms with Gasteiger partial charge in [0.15, 0.2) is 0 Å². The van der Waals surface area contributed by atoms with Crippen LogP contribution >= 0.6 is 24.8 Å². The van der Waals surface area contributed by atoms with Crippen molar-refractivity contribution in [3.63, 3.8) is 0 Å². The van der Waals surface area contributed by atoms with Gasteiger partial charge in [0.05, 0.1) is 19.9 Å². The summed E-state index contributed by atoms with van der Waals surface area (Å²) in [5.74, 6) is 1.22. The normalized spacial score (nSPS) is 14.2. The lowest BCUT2D eigenvalue weighted by Crippen LogP contribution is -2.46. The van der Waals surface area contributed by atoms with Crippen LogP contribution in [0.1, 0.15) is 24.8 Å². The summed E-state index contributed by atoms with van der Waals surface area (Å²) in [5.41, 5.74) is 2.14. The van der Waals surface area contributed by atoms with Crippen molar-refractivity contribution in [2.75, 3.05) is 51.8 Å². The minimum Gasteiger partial charge on any atom is -0.495 e. The third kappa shape index (κ3) is 8.22. The molecule has 0 aromatic heterocycles. The minimum atomic E-state index is -3.79. The van der Waals surface area contributed by atoms with Crippen LogP contribution < -0.4 is 19.5 Å². The lowest BCUT2D eigenvalue weighted by Gasteiger charge is -2.36. The molecule has 2 N–H and O–H groups in total. The number of para-hydroxylation sites is 2. The second kappa shape index (κ2) is 13.9. The van der Waals surface area contributed by atoms with E-state index in [-0.39, 0.29) is 29.7 Å². The van der Waals surface area contributed by atoms with Crippen LogP contribution in [-0.4, -0.2) is 60.3 Å². The number of hydrogen-bond acceptors (Lipinski definition) is 6. The predicted octanol–water partition coefficient (Wildman–Crippen LogP) is 3.73. The van der Waals surface area contributed by atoms with E-state index in [0.717, 1.165) is 69.7 Å². The van der Waals surface area contributed by atoms with Crippen molar-refractivity contribution in [3.05, 3.63) is 48.0 Å². The topological polar surface area (TPSA) is 85.1 Å². The van der Waals surface area contributed by atoms with Crippen LogP contribution in [0, 0.1) is 0 Å². The Kier molecular flexibility index (Phi) is 12.3. The number of benzene rings is 2. The molecule has 1 heterocycles. The summed E-state index contributed by atoms with van der Waals surface area (Å²) in [7, 11) is -0.627. The fourth-order valence-corrected chi connectivity index (χ4v) is 4.79. The Morgan fingerprint density at radius 1 is 0.879 bits per heavy atom. The molecule has 2 aromatic carbocycles. The van der Waals surface area contributed by atoms with Gasteiger partial charge < -0.3 is 14.4 Å². The maximum atomic E-state index is 11.7. The standard InChI is InChI=1S/C23H33N3O4S.2ClH/c1-29-21-10-6-5-9-20(21)26-16-14-25(15-17-26)13-7-3-4-8-19-11-12-22(30-2)23(18-19)31(24,27)28;;/h5-6,9-12,18H,3-4,7-8,13-17H2,1-2H3,(H2,24,27,28);2*1H. The van der Waals surface area contributed by atoms with Crippen molar-refractivity contribution in [1.82, 2.24) is 4.90 Å². The molecule has 0 bridgehead atoms. The largest absolute Gasteiger partial charge is 0.495 e. The number of rotatable bonds is 10. The lowest BCUT2D eigenvalue weighted by molar-refractivity contribution is 0.251. The Morgan fingerprint density at radius 3 is 2.18 bits per heavy atom. The van der Waals surface area contributed by atoms with Crippen molar-refractivity contribution < 1.29 is 17.9 Å². The summed E-state index contributed by atoms with van der Waals surface area (Å²) >= 11 is 0. The quantitative estimate of drug-likeness (QED) is 0.481. The lowest BCUT2D eigenvalue weighted by atomic mass is 10.1. The van der Waals surface area contributed by atoms with E-state index < -0.39 is 10.0 Å². The zero-order valence-electron chi connectivity index (χ0n) is 19.2. The molecule has 0 unspecified atom stereocenters. The van der Waals surface area contributed by atoms with E-state index in [4.69, 9.17) is 14.6 Å². The first-order valence-corrected chi connectivity index (χ1v) is 12.3. The second-order valence-corrected chi connectivity index (χ2v) is 9.37. The predicted molar refractivity (Wildman–Crippen MR) is 138 cm³/mol. The summed E-state index contributed by atoms with van der Waals surface area (Å²) in [6.07, 6.45) is 4.07. The number of halogens is 2. The van der Waals surface area contributed by atoms with Crippen molar-refractivity contribution in [2.45, 2.75) is 30.6 Å². The Morgan fingerprint density at radius 2 is 1.55 bits per heavy atom. The zero-order chi connectivity index (χ0) is 22.3. The van der Waals surface area contributed by atoms with Gasteiger partial charge in [-0.2, -0.15) is 0 Å². The summed E-state index contributed by atoms with van der Waals surface area (Å²) in [5, 5.41) is 5.30. The maximum Gasteiger partial charge on any atom is 0.241 e. The van der Waals surface area contributed by atoms with E-state index in [0.29, 0.717) is 5.75 Å². The Hall–Kier alpha value is -1.71. The first kappa shape index (κ1) is 29.3. The first-order chi connectivity index (χ1) is 14.9. The van der Waals surface area contributed by atoms with E-state index in [1.807, 2.05) is 18.2 Å². The number of aryl methyl sites for hydroxylation is 1. The number of ether oxygens (including phenoxy) is 2. The highest BCUT2D eigenvalue weighted by molar-refractivity contribution is 7.89. The molecule has 186 valence electrons. The van der Waals surface area contributed by atoms with E-state index in [2.05, 4.69) is 21.9 Å². The third-order valence-electron chi connectivity index (χ3n) is 5.77. The third-order valence-corrected chi connectivity index (χ3v) is 6.70. The molecule has 1 aliphatic heterocycles. The highest BCUT2D eigenvalue weighted by atomic mass is 35.5. The molecule has 0 aliphatic carbocycles. The molecule has 1 fully saturated rings. The molecule has 0 spiro atoms. The fourth-order valence-electron chi connectivity index (χ4n) is 4.04. The van der Waals surface area contributed by atoms with Crippen LogP contribution in [0.15, 0.2) is 47.4 Å². The van der Waals surface area contributed by atoms with E-state index in [9.17, 15) is 8.42 Å². The highest BCUT2D eigenvalue weighted by Gasteiger charge is 2.19. The van der Waals surface area contributed by atoms with Crippen LogP contribution in [0.4, 0.5) is 5.69 Å². The molecule has 1 saturated heterocycles. The molecule has 0 amide bonds. The van der Waals surface area contributed by atoms with E-state index in [1.54, 1.807) is 19.2 Å². The Bertz CT molecular complexity index is 968. The number of nitrogens with two attached hydrogens (primary N) is 1. The second-order valence-electron chi connectivity index (χ2n) is 7.84.